The summed E-state index contributed by atoms with van der Waals surface area (Å²) >= 11 is 0. The van der Waals surface area contributed by atoms with Gasteiger partial charge < -0.3 is 29.6 Å². The topological polar surface area (TPSA) is 144 Å². The predicted molar refractivity (Wildman–Crippen MR) is 293 cm³/mol. The summed E-state index contributed by atoms with van der Waals surface area (Å²) in [5.74, 6) is 2.77. The Hall–Kier alpha value is -6.92. The van der Waals surface area contributed by atoms with Gasteiger partial charge in [-0.15, -0.1) is 0 Å². The molecule has 2 aromatic carbocycles. The second-order valence-electron chi connectivity index (χ2n) is 21.0. The number of pyridine rings is 2. The summed E-state index contributed by atoms with van der Waals surface area (Å²) in [7, 11) is 0. The van der Waals surface area contributed by atoms with Gasteiger partial charge in [0.15, 0.2) is 23.3 Å². The molecule has 400 valence electrons. The zero-order valence-electron chi connectivity index (χ0n) is 45.3. The van der Waals surface area contributed by atoms with Gasteiger partial charge in [0, 0.05) is 35.6 Å². The molecular formula is C58H70F4N14. The molecule has 0 bridgehead atoms. The van der Waals surface area contributed by atoms with Crippen LogP contribution in [-0.4, -0.2) is 98.1 Å². The van der Waals surface area contributed by atoms with Crippen molar-refractivity contribution in [3.05, 3.63) is 119 Å². The van der Waals surface area contributed by atoms with Crippen LogP contribution in [0.25, 0.3) is 44.6 Å². The van der Waals surface area contributed by atoms with E-state index in [2.05, 4.69) is 100 Å². The lowest BCUT2D eigenvalue weighted by Gasteiger charge is -2.34. The maximum atomic E-state index is 15.0. The molecule has 8 heterocycles. The minimum absolute atomic E-state index is 0.0149. The highest BCUT2D eigenvalue weighted by Gasteiger charge is 2.27. The zero-order valence-corrected chi connectivity index (χ0v) is 45.3. The Labute approximate surface area is 442 Å². The Balaban J connectivity index is 0.000000186. The summed E-state index contributed by atoms with van der Waals surface area (Å²) < 4.78 is 63.5. The van der Waals surface area contributed by atoms with Gasteiger partial charge in [0.25, 0.3) is 0 Å². The number of halogens is 4. The number of fused-ring (bicyclic) bond motifs is 2. The van der Waals surface area contributed by atoms with Crippen LogP contribution in [-0.2, 0) is 0 Å². The molecular weight excluding hydrogens is 969 g/mol. The molecule has 8 aromatic rings. The van der Waals surface area contributed by atoms with Crippen molar-refractivity contribution < 1.29 is 17.6 Å². The third kappa shape index (κ3) is 11.6. The van der Waals surface area contributed by atoms with Crippen LogP contribution in [0.3, 0.4) is 0 Å². The molecule has 2 fully saturated rings. The van der Waals surface area contributed by atoms with Gasteiger partial charge in [-0.1, -0.05) is 39.8 Å². The molecule has 6 aromatic heterocycles. The number of aryl methyl sites for hydroxylation is 2. The lowest BCUT2D eigenvalue weighted by Crippen LogP contribution is -2.34. The van der Waals surface area contributed by atoms with E-state index in [1.165, 1.54) is 48.9 Å². The molecule has 2 N–H and O–H groups in total. The summed E-state index contributed by atoms with van der Waals surface area (Å²) in [5, 5.41) is 6.14. The van der Waals surface area contributed by atoms with E-state index in [1.54, 1.807) is 12.1 Å². The smallest absolute Gasteiger partial charge is 0.229 e. The second kappa shape index (κ2) is 23.1. The van der Waals surface area contributed by atoms with E-state index in [1.807, 2.05) is 75.2 Å². The highest BCUT2D eigenvalue weighted by Crippen LogP contribution is 2.36. The fraction of sp³-hybridized carbons (Fsp3) is 0.448. The first kappa shape index (κ1) is 53.9. The summed E-state index contributed by atoms with van der Waals surface area (Å²) in [6.45, 7) is 27.5. The van der Waals surface area contributed by atoms with E-state index in [0.29, 0.717) is 69.1 Å². The molecule has 2 aliphatic rings. The number of piperidine rings is 2. The van der Waals surface area contributed by atoms with E-state index in [-0.39, 0.29) is 46.4 Å². The lowest BCUT2D eigenvalue weighted by molar-refractivity contribution is 0.178. The van der Waals surface area contributed by atoms with Crippen LogP contribution >= 0.6 is 0 Å². The minimum atomic E-state index is -0.632. The van der Waals surface area contributed by atoms with Gasteiger partial charge in [-0.3, -0.25) is 0 Å². The van der Waals surface area contributed by atoms with Crippen molar-refractivity contribution in [1.29, 1.82) is 0 Å². The number of likely N-dealkylation sites (tertiary alicyclic amines) is 2. The Morgan fingerprint density at radius 2 is 0.882 bits per heavy atom. The fourth-order valence-electron chi connectivity index (χ4n) is 11.2. The maximum Gasteiger partial charge on any atom is 0.229 e. The zero-order chi connectivity index (χ0) is 53.9. The van der Waals surface area contributed by atoms with Gasteiger partial charge in [-0.2, -0.15) is 0 Å². The molecule has 0 radical (unpaired) electrons. The van der Waals surface area contributed by atoms with Crippen molar-refractivity contribution in [3.8, 4) is 22.5 Å². The number of nitrogens with zero attached hydrogens (tertiary/aromatic N) is 12. The summed E-state index contributed by atoms with van der Waals surface area (Å²) in [6.07, 6.45) is 10.8. The molecule has 0 saturated carbocycles. The molecule has 0 unspecified atom stereocenters. The Bertz CT molecular complexity index is 3070. The van der Waals surface area contributed by atoms with Gasteiger partial charge in [-0.05, 0) is 178 Å². The minimum Gasteiger partial charge on any atom is -0.326 e. The SMILES string of the molecule is CCN1CCC([C@@H](C)c2ccc(Nc3ncc(F)c(-c4cc(F)c5nc(C)n(C(C)C)c5c4)n3)nc2)CC1.CCN1CCC([C@H](C)c2ccc(Nc3ncc(F)c(-c4cc(F)c5nc(C)n(C(C)C)c5c4)n3)nc2)CC1. The largest absolute Gasteiger partial charge is 0.326 e. The van der Waals surface area contributed by atoms with Crippen molar-refractivity contribution in [2.24, 2.45) is 11.8 Å². The molecule has 76 heavy (non-hydrogen) atoms. The Morgan fingerprint density at radius 1 is 0.500 bits per heavy atom. The molecule has 0 aliphatic carbocycles. The Morgan fingerprint density at radius 3 is 1.21 bits per heavy atom. The van der Waals surface area contributed by atoms with Gasteiger partial charge in [0.05, 0.1) is 23.4 Å². The third-order valence-electron chi connectivity index (χ3n) is 15.6. The number of benzene rings is 2. The Kier molecular flexibility index (Phi) is 16.4. The number of rotatable bonds is 14. The van der Waals surface area contributed by atoms with Crippen LogP contribution in [0.1, 0.15) is 128 Å². The molecule has 14 nitrogen and oxygen atoms in total. The van der Waals surface area contributed by atoms with Crippen LogP contribution in [0.2, 0.25) is 0 Å². The average Bonchev–Trinajstić information content (AvgIpc) is 3.97. The summed E-state index contributed by atoms with van der Waals surface area (Å²) in [6, 6.07) is 14.1. The molecule has 2 atom stereocenters. The molecule has 2 aliphatic heterocycles. The quantitative estimate of drug-likeness (QED) is 0.100. The summed E-state index contributed by atoms with van der Waals surface area (Å²) in [4.78, 5) is 39.8. The standard InChI is InChI=1S/2C29H35F2N7/c2*1-6-37-11-9-20(10-12-37)18(4)21-7-8-26(32-15-21)35-29-33-16-24(31)27(36-29)22-13-23(30)28-25(14-22)38(17(2)3)19(5)34-28/h2*7-8,13-18,20H,6,9-12H2,1-5H3,(H,32,33,35,36)/t2*18-/m10/s1. The highest BCUT2D eigenvalue weighted by molar-refractivity contribution is 5.84. The lowest BCUT2D eigenvalue weighted by atomic mass is 9.82. The van der Waals surface area contributed by atoms with Crippen molar-refractivity contribution in [3.63, 3.8) is 0 Å². The molecule has 18 heteroatoms. The van der Waals surface area contributed by atoms with E-state index in [4.69, 9.17) is 0 Å². The number of hydrogen-bond acceptors (Lipinski definition) is 12. The van der Waals surface area contributed by atoms with Crippen LogP contribution in [0.15, 0.2) is 73.3 Å². The molecule has 2 saturated heterocycles. The molecule has 0 spiro atoms. The summed E-state index contributed by atoms with van der Waals surface area (Å²) in [5.41, 5.74) is 4.82. The molecule has 0 amide bonds. The second-order valence-corrected chi connectivity index (χ2v) is 21.0. The number of imidazole rings is 2. The van der Waals surface area contributed by atoms with Gasteiger partial charge in [-0.25, -0.2) is 57.4 Å². The van der Waals surface area contributed by atoms with Gasteiger partial charge in [0.2, 0.25) is 11.9 Å². The van der Waals surface area contributed by atoms with E-state index < -0.39 is 23.3 Å². The van der Waals surface area contributed by atoms with Crippen LogP contribution in [0.5, 0.6) is 0 Å². The number of nitrogens with one attached hydrogen (secondary N) is 2. The van der Waals surface area contributed by atoms with Crippen molar-refractivity contribution >= 4 is 45.6 Å². The first-order valence-electron chi connectivity index (χ1n) is 26.8. The van der Waals surface area contributed by atoms with Crippen molar-refractivity contribution in [2.45, 2.75) is 119 Å². The number of aromatic nitrogens is 10. The number of anilines is 4. The normalized spacial score (nSPS) is 15.9. The first-order chi connectivity index (χ1) is 36.5. The van der Waals surface area contributed by atoms with E-state index in [0.717, 1.165) is 51.7 Å². The monoisotopic (exact) mass is 1040 g/mol. The molecule has 10 rings (SSSR count). The fourth-order valence-corrected chi connectivity index (χ4v) is 11.2. The first-order valence-corrected chi connectivity index (χ1v) is 26.8. The van der Waals surface area contributed by atoms with Crippen molar-refractivity contribution in [1.82, 2.24) is 58.8 Å². The average molecular weight is 1040 g/mol. The van der Waals surface area contributed by atoms with Crippen LogP contribution < -0.4 is 10.6 Å². The maximum absolute atomic E-state index is 15.0. The van der Waals surface area contributed by atoms with Crippen LogP contribution in [0, 0.1) is 49.0 Å². The van der Waals surface area contributed by atoms with E-state index in [9.17, 15) is 17.6 Å². The number of hydrogen-bond donors (Lipinski definition) is 2. The van der Waals surface area contributed by atoms with Crippen LogP contribution in [0.4, 0.5) is 41.1 Å². The third-order valence-corrected chi connectivity index (χ3v) is 15.6. The highest BCUT2D eigenvalue weighted by atomic mass is 19.1. The predicted octanol–water partition coefficient (Wildman–Crippen LogP) is 13.3. The van der Waals surface area contributed by atoms with Gasteiger partial charge in [0.1, 0.15) is 45.7 Å². The van der Waals surface area contributed by atoms with Crippen molar-refractivity contribution in [2.75, 3.05) is 49.9 Å². The van der Waals surface area contributed by atoms with Gasteiger partial charge >= 0.3 is 0 Å². The van der Waals surface area contributed by atoms with E-state index >= 15 is 0 Å².